The largest absolute Gasteiger partial charge is 0.444 e. The van der Waals surface area contributed by atoms with E-state index in [1.54, 1.807) is 29.5 Å². The number of likely N-dealkylation sites (tertiary alicyclic amines) is 1. The average Bonchev–Trinajstić information content (AvgIpc) is 2.84. The van der Waals surface area contributed by atoms with Gasteiger partial charge in [0.2, 0.25) is 0 Å². The molecule has 0 unspecified atom stereocenters. The van der Waals surface area contributed by atoms with Crippen molar-refractivity contribution in [2.75, 3.05) is 20.2 Å². The summed E-state index contributed by atoms with van der Waals surface area (Å²) < 4.78 is 12.2. The smallest absolute Gasteiger partial charge is 0.410 e. The first kappa shape index (κ1) is 16.7. The number of aromatic nitrogens is 1. The standard InChI is InChI=1S/C14H21BrN2O3S/c1-13(2,3)20-12(18)17-7-5-14(19-4,6-8-17)11-16-9-10(15)21-11/h9H,5-8H2,1-4H3. The molecule has 2 rings (SSSR count). The Morgan fingerprint density at radius 3 is 2.48 bits per heavy atom. The lowest BCUT2D eigenvalue weighted by Gasteiger charge is -2.39. The van der Waals surface area contributed by atoms with Crippen molar-refractivity contribution < 1.29 is 14.3 Å². The van der Waals surface area contributed by atoms with Crippen molar-refractivity contribution >= 4 is 33.4 Å². The molecule has 0 radical (unpaired) electrons. The summed E-state index contributed by atoms with van der Waals surface area (Å²) in [7, 11) is 1.71. The van der Waals surface area contributed by atoms with Crippen LogP contribution in [-0.2, 0) is 15.1 Å². The molecule has 7 heteroatoms. The Bertz CT molecular complexity index is 505. The minimum atomic E-state index is -0.465. The summed E-state index contributed by atoms with van der Waals surface area (Å²) in [6.45, 7) is 6.85. The van der Waals surface area contributed by atoms with Crippen LogP contribution in [0.1, 0.15) is 38.6 Å². The number of piperidine rings is 1. The molecule has 0 atom stereocenters. The second kappa shape index (κ2) is 6.22. The predicted molar refractivity (Wildman–Crippen MR) is 85.5 cm³/mol. The molecule has 0 aromatic carbocycles. The van der Waals surface area contributed by atoms with Crippen LogP contribution in [0.3, 0.4) is 0 Å². The second-order valence-corrected chi connectivity index (χ2v) is 8.55. The lowest BCUT2D eigenvalue weighted by atomic mass is 9.92. The van der Waals surface area contributed by atoms with E-state index < -0.39 is 11.2 Å². The first-order chi connectivity index (χ1) is 9.76. The number of nitrogens with zero attached hydrogens (tertiary/aromatic N) is 2. The first-order valence-corrected chi connectivity index (χ1v) is 8.52. The molecule has 1 aliphatic rings. The lowest BCUT2D eigenvalue weighted by Crippen LogP contribution is -2.47. The molecule has 0 aliphatic carbocycles. The Kier molecular flexibility index (Phi) is 4.95. The van der Waals surface area contributed by atoms with Crippen LogP contribution in [0.4, 0.5) is 4.79 Å². The van der Waals surface area contributed by atoms with Crippen LogP contribution < -0.4 is 0 Å². The third-order valence-corrected chi connectivity index (χ3v) is 5.14. The van der Waals surface area contributed by atoms with E-state index in [4.69, 9.17) is 9.47 Å². The Morgan fingerprint density at radius 1 is 1.43 bits per heavy atom. The molecule has 1 aliphatic heterocycles. The number of thiazole rings is 1. The normalized spacial score (nSPS) is 18.6. The van der Waals surface area contributed by atoms with E-state index in [1.165, 1.54) is 0 Å². The molecule has 5 nitrogen and oxygen atoms in total. The molecule has 1 aromatic rings. The Balaban J connectivity index is 2.03. The number of carbonyl (C=O) groups is 1. The third kappa shape index (κ3) is 3.96. The molecular weight excluding hydrogens is 356 g/mol. The highest BCUT2D eigenvalue weighted by atomic mass is 79.9. The van der Waals surface area contributed by atoms with Gasteiger partial charge in [0.05, 0.1) is 9.98 Å². The molecule has 1 aromatic heterocycles. The van der Waals surface area contributed by atoms with E-state index in [1.807, 2.05) is 20.8 Å². The summed E-state index contributed by atoms with van der Waals surface area (Å²) >= 11 is 5.02. The van der Waals surface area contributed by atoms with Crippen LogP contribution in [0.5, 0.6) is 0 Å². The third-order valence-electron chi connectivity index (χ3n) is 3.48. The fourth-order valence-electron chi connectivity index (χ4n) is 2.35. The van der Waals surface area contributed by atoms with E-state index >= 15 is 0 Å². The molecule has 1 fully saturated rings. The van der Waals surface area contributed by atoms with Gasteiger partial charge in [-0.25, -0.2) is 9.78 Å². The van der Waals surface area contributed by atoms with Gasteiger partial charge in [-0.3, -0.25) is 0 Å². The number of carbonyl (C=O) groups excluding carboxylic acids is 1. The van der Waals surface area contributed by atoms with Crippen LogP contribution in [0.2, 0.25) is 0 Å². The van der Waals surface area contributed by atoms with Crippen molar-refractivity contribution in [3.05, 3.63) is 15.0 Å². The average molecular weight is 377 g/mol. The van der Waals surface area contributed by atoms with Crippen molar-refractivity contribution in [3.63, 3.8) is 0 Å². The zero-order valence-corrected chi connectivity index (χ0v) is 15.2. The van der Waals surface area contributed by atoms with Gasteiger partial charge in [-0.2, -0.15) is 0 Å². The zero-order valence-electron chi connectivity index (χ0n) is 12.8. The topological polar surface area (TPSA) is 51.7 Å². The van der Waals surface area contributed by atoms with E-state index in [0.717, 1.165) is 21.6 Å². The van der Waals surface area contributed by atoms with Crippen molar-refractivity contribution in [1.82, 2.24) is 9.88 Å². The Hall–Kier alpha value is -0.660. The van der Waals surface area contributed by atoms with Crippen LogP contribution in [0.15, 0.2) is 9.98 Å². The van der Waals surface area contributed by atoms with Crippen LogP contribution in [0, 0.1) is 0 Å². The molecule has 21 heavy (non-hydrogen) atoms. The van der Waals surface area contributed by atoms with E-state index in [-0.39, 0.29) is 6.09 Å². The minimum absolute atomic E-state index is 0.257. The number of hydrogen-bond acceptors (Lipinski definition) is 5. The second-order valence-electron chi connectivity index (χ2n) is 6.14. The summed E-state index contributed by atoms with van der Waals surface area (Å²) in [6.07, 6.45) is 2.99. The highest BCUT2D eigenvalue weighted by molar-refractivity contribution is 9.11. The van der Waals surface area contributed by atoms with Gasteiger partial charge in [0, 0.05) is 33.0 Å². The van der Waals surface area contributed by atoms with E-state index in [9.17, 15) is 4.79 Å². The fourth-order valence-corrected chi connectivity index (χ4v) is 3.78. The van der Waals surface area contributed by atoms with Gasteiger partial charge < -0.3 is 14.4 Å². The van der Waals surface area contributed by atoms with Crippen molar-refractivity contribution in [3.8, 4) is 0 Å². The van der Waals surface area contributed by atoms with Crippen LogP contribution >= 0.6 is 27.3 Å². The maximum atomic E-state index is 12.1. The van der Waals surface area contributed by atoms with Gasteiger partial charge in [-0.1, -0.05) is 0 Å². The highest BCUT2D eigenvalue weighted by Crippen LogP contribution is 2.39. The number of ether oxygens (including phenoxy) is 2. The van der Waals surface area contributed by atoms with Gasteiger partial charge in [-0.15, -0.1) is 11.3 Å². The molecule has 0 saturated carbocycles. The van der Waals surface area contributed by atoms with Gasteiger partial charge >= 0.3 is 6.09 Å². The minimum Gasteiger partial charge on any atom is -0.444 e. The SMILES string of the molecule is COC1(c2ncc(Br)s2)CCN(C(=O)OC(C)(C)C)CC1. The van der Waals surface area contributed by atoms with Crippen LogP contribution in [-0.4, -0.2) is 41.8 Å². The molecule has 0 spiro atoms. The highest BCUT2D eigenvalue weighted by Gasteiger charge is 2.40. The summed E-state index contributed by atoms with van der Waals surface area (Å²) in [5, 5.41) is 0.959. The monoisotopic (exact) mass is 376 g/mol. The van der Waals surface area contributed by atoms with E-state index in [0.29, 0.717) is 13.1 Å². The molecule has 1 amide bonds. The van der Waals surface area contributed by atoms with Gasteiger partial charge in [0.1, 0.15) is 16.2 Å². The maximum absolute atomic E-state index is 12.1. The quantitative estimate of drug-likeness (QED) is 0.787. The number of rotatable bonds is 2. The molecular formula is C14H21BrN2O3S. The maximum Gasteiger partial charge on any atom is 0.410 e. The Morgan fingerprint density at radius 2 is 2.05 bits per heavy atom. The lowest BCUT2D eigenvalue weighted by molar-refractivity contribution is -0.0651. The number of amides is 1. The summed E-state index contributed by atoms with van der Waals surface area (Å²) in [6, 6.07) is 0. The number of methoxy groups -OCH3 is 1. The molecule has 2 heterocycles. The van der Waals surface area contributed by atoms with Gasteiger partial charge in [0.25, 0.3) is 0 Å². The Labute approximate surface area is 137 Å². The van der Waals surface area contributed by atoms with Crippen LogP contribution in [0.25, 0.3) is 0 Å². The zero-order chi connectivity index (χ0) is 15.7. The van der Waals surface area contributed by atoms with Crippen molar-refractivity contribution in [2.24, 2.45) is 0 Å². The van der Waals surface area contributed by atoms with Crippen molar-refractivity contribution in [1.29, 1.82) is 0 Å². The number of hydrogen-bond donors (Lipinski definition) is 0. The number of halogens is 1. The van der Waals surface area contributed by atoms with Crippen molar-refractivity contribution in [2.45, 2.75) is 44.8 Å². The molecule has 0 N–H and O–H groups in total. The van der Waals surface area contributed by atoms with Gasteiger partial charge in [0.15, 0.2) is 0 Å². The molecule has 0 bridgehead atoms. The fraction of sp³-hybridized carbons (Fsp3) is 0.714. The first-order valence-electron chi connectivity index (χ1n) is 6.91. The summed E-state index contributed by atoms with van der Waals surface area (Å²) in [5.41, 5.74) is -0.859. The summed E-state index contributed by atoms with van der Waals surface area (Å²) in [5.74, 6) is 0. The molecule has 118 valence electrons. The molecule has 1 saturated heterocycles. The van der Waals surface area contributed by atoms with Gasteiger partial charge in [-0.05, 0) is 36.7 Å². The summed E-state index contributed by atoms with van der Waals surface area (Å²) in [4.78, 5) is 18.3. The van der Waals surface area contributed by atoms with E-state index in [2.05, 4.69) is 20.9 Å². The predicted octanol–water partition coefficient (Wildman–Crippen LogP) is 3.78.